The van der Waals surface area contributed by atoms with Crippen LogP contribution < -0.4 is 5.73 Å². The Morgan fingerprint density at radius 2 is 2.15 bits per heavy atom. The van der Waals surface area contributed by atoms with Gasteiger partial charge in [-0.1, -0.05) is 13.8 Å². The number of halogens is 1. The van der Waals surface area contributed by atoms with E-state index in [0.29, 0.717) is 0 Å². The molecule has 0 aliphatic heterocycles. The monoisotopic (exact) mass is 261 g/mol. The molecule has 0 aromatic carbocycles. The summed E-state index contributed by atoms with van der Waals surface area (Å²) in [6, 6.07) is 2.34. The molecule has 0 aliphatic rings. The lowest BCUT2D eigenvalue weighted by atomic mass is 10.0. The van der Waals surface area contributed by atoms with E-state index in [1.165, 1.54) is 11.3 Å². The fourth-order valence-corrected chi connectivity index (χ4v) is 2.66. The lowest BCUT2D eigenvalue weighted by molar-refractivity contribution is 0.510. The highest BCUT2D eigenvalue weighted by Gasteiger charge is 2.08. The van der Waals surface area contributed by atoms with Crippen molar-refractivity contribution in [3.63, 3.8) is 0 Å². The topological polar surface area (TPSA) is 26.0 Å². The van der Waals surface area contributed by atoms with Crippen molar-refractivity contribution in [3.05, 3.63) is 20.8 Å². The molecular weight excluding hydrogens is 246 g/mol. The van der Waals surface area contributed by atoms with E-state index in [-0.39, 0.29) is 6.04 Å². The van der Waals surface area contributed by atoms with Crippen LogP contribution in [0.5, 0.6) is 0 Å². The average molecular weight is 262 g/mol. The summed E-state index contributed by atoms with van der Waals surface area (Å²) in [5, 5.41) is 2.09. The van der Waals surface area contributed by atoms with Gasteiger partial charge in [0.2, 0.25) is 0 Å². The first-order chi connectivity index (χ1) is 6.09. The van der Waals surface area contributed by atoms with E-state index in [0.717, 1.165) is 16.8 Å². The second-order valence-electron chi connectivity index (χ2n) is 3.74. The number of rotatable bonds is 4. The van der Waals surface area contributed by atoms with Crippen molar-refractivity contribution < 1.29 is 0 Å². The van der Waals surface area contributed by atoms with Crippen LogP contribution in [0.2, 0.25) is 0 Å². The molecule has 1 unspecified atom stereocenters. The van der Waals surface area contributed by atoms with E-state index >= 15 is 0 Å². The van der Waals surface area contributed by atoms with Crippen molar-refractivity contribution in [2.75, 3.05) is 0 Å². The van der Waals surface area contributed by atoms with Gasteiger partial charge in [-0.2, -0.15) is 0 Å². The second kappa shape index (κ2) is 5.13. The third kappa shape index (κ3) is 3.79. The van der Waals surface area contributed by atoms with E-state index in [1.807, 2.05) is 0 Å². The highest BCUT2D eigenvalue weighted by Crippen LogP contribution is 2.27. The minimum Gasteiger partial charge on any atom is -0.323 e. The molecule has 0 amide bonds. The number of thiophene rings is 1. The smallest absolute Gasteiger partial charge is 0.0390 e. The van der Waals surface area contributed by atoms with Gasteiger partial charge in [0.05, 0.1) is 0 Å². The molecule has 2 N–H and O–H groups in total. The van der Waals surface area contributed by atoms with Gasteiger partial charge in [-0.25, -0.2) is 0 Å². The molecule has 1 aromatic rings. The van der Waals surface area contributed by atoms with Gasteiger partial charge in [-0.3, -0.25) is 0 Å². The average Bonchev–Trinajstić information content (AvgIpc) is 2.47. The number of hydrogen-bond acceptors (Lipinski definition) is 2. The SMILES string of the molecule is CC(C)CCC(N)c1cc(Br)cs1. The molecule has 0 saturated carbocycles. The maximum absolute atomic E-state index is 6.05. The normalized spacial score (nSPS) is 13.6. The maximum Gasteiger partial charge on any atom is 0.0390 e. The van der Waals surface area contributed by atoms with Gasteiger partial charge in [0.25, 0.3) is 0 Å². The van der Waals surface area contributed by atoms with E-state index in [4.69, 9.17) is 5.73 Å². The van der Waals surface area contributed by atoms with Crippen molar-refractivity contribution in [1.29, 1.82) is 0 Å². The van der Waals surface area contributed by atoms with E-state index in [1.54, 1.807) is 11.3 Å². The number of hydrogen-bond donors (Lipinski definition) is 1. The van der Waals surface area contributed by atoms with Gasteiger partial charge in [-0.15, -0.1) is 11.3 Å². The summed E-state index contributed by atoms with van der Waals surface area (Å²) in [4.78, 5) is 1.28. The van der Waals surface area contributed by atoms with Crippen LogP contribution in [0.25, 0.3) is 0 Å². The van der Waals surface area contributed by atoms with Crippen LogP contribution in [0.1, 0.15) is 37.6 Å². The van der Waals surface area contributed by atoms with Gasteiger partial charge in [0.15, 0.2) is 0 Å². The Bertz CT molecular complexity index is 257. The Labute approximate surface area is 92.5 Å². The summed E-state index contributed by atoms with van der Waals surface area (Å²) in [6.07, 6.45) is 2.29. The molecule has 3 heteroatoms. The Morgan fingerprint density at radius 1 is 1.46 bits per heavy atom. The molecule has 1 aromatic heterocycles. The van der Waals surface area contributed by atoms with Crippen molar-refractivity contribution in [2.45, 2.75) is 32.7 Å². The fraction of sp³-hybridized carbons (Fsp3) is 0.600. The van der Waals surface area contributed by atoms with Crippen LogP contribution in [0.15, 0.2) is 15.9 Å². The Kier molecular flexibility index (Phi) is 4.42. The van der Waals surface area contributed by atoms with Gasteiger partial charge in [0, 0.05) is 20.8 Å². The molecule has 0 radical (unpaired) electrons. The zero-order chi connectivity index (χ0) is 9.84. The zero-order valence-corrected chi connectivity index (χ0v) is 10.5. The highest BCUT2D eigenvalue weighted by molar-refractivity contribution is 9.10. The standard InChI is InChI=1S/C10H16BrNS/c1-7(2)3-4-9(12)10-5-8(11)6-13-10/h5-7,9H,3-4,12H2,1-2H3. The third-order valence-electron chi connectivity index (χ3n) is 2.01. The van der Waals surface area contributed by atoms with Crippen molar-refractivity contribution in [3.8, 4) is 0 Å². The Balaban J connectivity index is 2.44. The minimum absolute atomic E-state index is 0.221. The van der Waals surface area contributed by atoms with Gasteiger partial charge < -0.3 is 5.73 Å². The predicted octanol–water partition coefficient (Wildman–Crippen LogP) is 3.95. The molecule has 0 fully saturated rings. The fourth-order valence-electron chi connectivity index (χ4n) is 1.18. The molecular formula is C10H16BrNS. The van der Waals surface area contributed by atoms with Crippen molar-refractivity contribution in [1.82, 2.24) is 0 Å². The predicted molar refractivity (Wildman–Crippen MR) is 63.0 cm³/mol. The molecule has 1 nitrogen and oxygen atoms in total. The molecule has 0 bridgehead atoms. The van der Waals surface area contributed by atoms with E-state index in [2.05, 4.69) is 41.2 Å². The lowest BCUT2D eigenvalue weighted by Crippen LogP contribution is -2.09. The zero-order valence-electron chi connectivity index (χ0n) is 8.09. The first kappa shape index (κ1) is 11.2. The summed E-state index contributed by atoms with van der Waals surface area (Å²) in [5.41, 5.74) is 6.05. The summed E-state index contributed by atoms with van der Waals surface area (Å²) in [6.45, 7) is 4.47. The first-order valence-electron chi connectivity index (χ1n) is 4.59. The van der Waals surface area contributed by atoms with Gasteiger partial charge in [-0.05, 0) is 40.8 Å². The summed E-state index contributed by atoms with van der Waals surface area (Å²) in [7, 11) is 0. The first-order valence-corrected chi connectivity index (χ1v) is 6.26. The summed E-state index contributed by atoms with van der Waals surface area (Å²) < 4.78 is 1.15. The summed E-state index contributed by atoms with van der Waals surface area (Å²) >= 11 is 5.17. The number of nitrogens with two attached hydrogens (primary N) is 1. The molecule has 1 atom stereocenters. The minimum atomic E-state index is 0.221. The van der Waals surface area contributed by atoms with Crippen LogP contribution in [0.4, 0.5) is 0 Å². The molecule has 0 saturated heterocycles. The summed E-state index contributed by atoms with van der Waals surface area (Å²) in [5.74, 6) is 0.745. The molecule has 1 rings (SSSR count). The van der Waals surface area contributed by atoms with Crippen LogP contribution in [-0.2, 0) is 0 Å². The van der Waals surface area contributed by atoms with Gasteiger partial charge in [0.1, 0.15) is 0 Å². The molecule has 1 heterocycles. The Morgan fingerprint density at radius 3 is 2.62 bits per heavy atom. The van der Waals surface area contributed by atoms with Gasteiger partial charge >= 0.3 is 0 Å². The molecule has 74 valence electrons. The second-order valence-corrected chi connectivity index (χ2v) is 5.60. The van der Waals surface area contributed by atoms with Crippen LogP contribution in [-0.4, -0.2) is 0 Å². The quantitative estimate of drug-likeness (QED) is 0.873. The van der Waals surface area contributed by atoms with E-state index in [9.17, 15) is 0 Å². The maximum atomic E-state index is 6.05. The van der Waals surface area contributed by atoms with Crippen LogP contribution in [0, 0.1) is 5.92 Å². The third-order valence-corrected chi connectivity index (χ3v) is 3.83. The molecule has 13 heavy (non-hydrogen) atoms. The lowest BCUT2D eigenvalue weighted by Gasteiger charge is -2.10. The Hall–Kier alpha value is 0.140. The van der Waals surface area contributed by atoms with E-state index < -0.39 is 0 Å². The largest absolute Gasteiger partial charge is 0.323 e. The van der Waals surface area contributed by atoms with Crippen molar-refractivity contribution in [2.24, 2.45) is 11.7 Å². The molecule has 0 aliphatic carbocycles. The molecule has 0 spiro atoms. The highest BCUT2D eigenvalue weighted by atomic mass is 79.9. The van der Waals surface area contributed by atoms with Crippen LogP contribution in [0.3, 0.4) is 0 Å². The van der Waals surface area contributed by atoms with Crippen molar-refractivity contribution >= 4 is 27.3 Å². The van der Waals surface area contributed by atoms with Crippen LogP contribution >= 0.6 is 27.3 Å².